The quantitative estimate of drug-likeness (QED) is 0.297. The van der Waals surface area contributed by atoms with E-state index in [1.807, 2.05) is 50.5 Å². The largest absolute Gasteiger partial charge is 0.297 e. The smallest absolute Gasteiger partial charge is 0.293 e. The predicted molar refractivity (Wildman–Crippen MR) is 99.4 cm³/mol. The number of rotatable bonds is 5. The maximum absolute atomic E-state index is 12.1. The maximum Gasteiger partial charge on any atom is 0.297 e. The van der Waals surface area contributed by atoms with Gasteiger partial charge in [0.2, 0.25) is 0 Å². The summed E-state index contributed by atoms with van der Waals surface area (Å²) in [5.41, 5.74) is 3.30. The fourth-order valence-corrected chi connectivity index (χ4v) is 3.22. The molecule has 3 nitrogen and oxygen atoms in total. The fraction of sp³-hybridized carbons (Fsp3) is 0.167. The molecular weight excluding hydrogens is 324 g/mol. The molecule has 0 unspecified atom stereocenters. The molecule has 0 saturated carbocycles. The Kier molecular flexibility index (Phi) is 5.99. The van der Waals surface area contributed by atoms with E-state index in [9.17, 15) is 4.79 Å². The van der Waals surface area contributed by atoms with Gasteiger partial charge in [0, 0.05) is 16.7 Å². The van der Waals surface area contributed by atoms with Crippen molar-refractivity contribution in [3.05, 3.63) is 65.5 Å². The highest BCUT2D eigenvalue weighted by Gasteiger charge is 2.19. The lowest BCUT2D eigenvalue weighted by atomic mass is 10.2. The van der Waals surface area contributed by atoms with E-state index in [2.05, 4.69) is 5.87 Å². The van der Waals surface area contributed by atoms with E-state index in [0.29, 0.717) is 15.5 Å². The van der Waals surface area contributed by atoms with Gasteiger partial charge in [-0.3, -0.25) is 10.2 Å². The van der Waals surface area contributed by atoms with Crippen LogP contribution in [0.2, 0.25) is 0 Å². The zero-order valence-electron chi connectivity index (χ0n) is 13.0. The number of nitrogens with one attached hydrogen (secondary N) is 1. The number of aromatic nitrogens is 1. The number of Topliss-reactive ketones (excluding diaryl/α,β-unsaturated/α-hetero) is 1. The molecular formula is C18H17N2OS2+. The highest BCUT2D eigenvalue weighted by atomic mass is 32.2. The van der Waals surface area contributed by atoms with E-state index in [1.54, 1.807) is 16.7 Å². The molecule has 116 valence electrons. The van der Waals surface area contributed by atoms with Gasteiger partial charge < -0.3 is 0 Å². The second kappa shape index (κ2) is 7.97. The third kappa shape index (κ3) is 4.70. The number of thioether (sulfide) groups is 1. The van der Waals surface area contributed by atoms with Crippen LogP contribution in [0.15, 0.2) is 48.8 Å². The van der Waals surface area contributed by atoms with E-state index >= 15 is 0 Å². The molecule has 0 atom stereocenters. The molecule has 23 heavy (non-hydrogen) atoms. The molecule has 2 aromatic rings. The number of ketones is 1. The van der Waals surface area contributed by atoms with Crippen LogP contribution in [0.1, 0.15) is 21.5 Å². The lowest BCUT2D eigenvalue weighted by molar-refractivity contribution is -0.574. The Labute approximate surface area is 145 Å². The standard InChI is InChI=1S/C18H17N2OS2/c1-13-8-14(2)11-20(10-13)16(9-19)18(22)23-12-17(21)15-6-4-3-5-7-15/h3-8,10-11,19H,12H2,1-2H3/q+1. The van der Waals surface area contributed by atoms with E-state index in [0.717, 1.165) is 11.1 Å². The van der Waals surface area contributed by atoms with Gasteiger partial charge in [-0.25, -0.2) is 0 Å². The van der Waals surface area contributed by atoms with Crippen LogP contribution < -0.4 is 4.57 Å². The Morgan fingerprint density at radius 2 is 1.83 bits per heavy atom. The molecule has 0 saturated heterocycles. The molecule has 1 heterocycles. The molecule has 1 N–H and O–H groups in total. The first-order valence-electron chi connectivity index (χ1n) is 7.06. The fourth-order valence-electron chi connectivity index (χ4n) is 2.17. The summed E-state index contributed by atoms with van der Waals surface area (Å²) >= 11 is 6.64. The Hall–Kier alpha value is -2.07. The van der Waals surface area contributed by atoms with Crippen LogP contribution >= 0.6 is 24.0 Å². The molecule has 0 spiro atoms. The normalized spacial score (nSPS) is 10.0. The lowest BCUT2D eigenvalue weighted by Crippen LogP contribution is -2.35. The predicted octanol–water partition coefficient (Wildman–Crippen LogP) is 3.62. The van der Waals surface area contributed by atoms with Gasteiger partial charge in [0.05, 0.1) is 11.6 Å². The highest BCUT2D eigenvalue weighted by molar-refractivity contribution is 8.24. The number of benzene rings is 1. The lowest BCUT2D eigenvalue weighted by Gasteiger charge is -2.03. The summed E-state index contributed by atoms with van der Waals surface area (Å²) < 4.78 is 2.28. The number of hydrogen-bond acceptors (Lipinski definition) is 4. The van der Waals surface area contributed by atoms with Gasteiger partial charge in [-0.15, -0.1) is 0 Å². The molecule has 0 aliphatic heterocycles. The van der Waals surface area contributed by atoms with Gasteiger partial charge in [-0.2, -0.15) is 4.57 Å². The van der Waals surface area contributed by atoms with Crippen molar-refractivity contribution >= 4 is 45.5 Å². The van der Waals surface area contributed by atoms with Crippen molar-refractivity contribution in [1.29, 1.82) is 5.41 Å². The summed E-state index contributed by atoms with van der Waals surface area (Å²) in [7, 11) is 0. The minimum Gasteiger partial charge on any atom is -0.293 e. The molecule has 2 rings (SSSR count). The van der Waals surface area contributed by atoms with Crippen LogP contribution in [0, 0.1) is 19.3 Å². The molecule has 1 aromatic heterocycles. The summed E-state index contributed by atoms with van der Waals surface area (Å²) in [6, 6.07) is 11.2. The third-order valence-corrected chi connectivity index (χ3v) is 4.55. The number of pyridine rings is 1. The zero-order chi connectivity index (χ0) is 16.8. The van der Waals surface area contributed by atoms with Crippen LogP contribution in [0.25, 0.3) is 5.70 Å². The van der Waals surface area contributed by atoms with Crippen LogP contribution in [-0.4, -0.2) is 21.6 Å². The first-order chi connectivity index (χ1) is 11.0. The van der Waals surface area contributed by atoms with Crippen molar-refractivity contribution < 1.29 is 9.36 Å². The van der Waals surface area contributed by atoms with Crippen molar-refractivity contribution in [3.63, 3.8) is 0 Å². The summed E-state index contributed by atoms with van der Waals surface area (Å²) in [5.74, 6) is 2.66. The van der Waals surface area contributed by atoms with Gasteiger partial charge in [0.15, 0.2) is 22.4 Å². The average Bonchev–Trinajstić information content (AvgIpc) is 2.53. The molecule has 0 radical (unpaired) electrons. The van der Waals surface area contributed by atoms with Crippen molar-refractivity contribution in [2.75, 3.05) is 5.75 Å². The number of nitrogens with zero attached hydrogens (tertiary/aromatic N) is 1. The molecule has 0 aliphatic carbocycles. The number of carbonyl (C=O) groups excluding carboxylic acids is 1. The number of aryl methyl sites for hydroxylation is 2. The molecule has 0 amide bonds. The first-order valence-corrected chi connectivity index (χ1v) is 8.45. The first kappa shape index (κ1) is 17.3. The van der Waals surface area contributed by atoms with Gasteiger partial charge in [0.1, 0.15) is 0 Å². The van der Waals surface area contributed by atoms with E-state index < -0.39 is 0 Å². The number of carbonyl (C=O) groups is 1. The number of thiocarbonyl (C=S) groups is 1. The Morgan fingerprint density at radius 1 is 1.22 bits per heavy atom. The molecule has 0 bridgehead atoms. The van der Waals surface area contributed by atoms with Crippen LogP contribution in [0.5, 0.6) is 0 Å². The SMILES string of the molecule is Cc1cc(C)c[n+](C(=C=N)C(=S)SCC(=O)c2ccccc2)c1. The summed E-state index contributed by atoms with van der Waals surface area (Å²) in [4.78, 5) is 12.1. The van der Waals surface area contributed by atoms with E-state index in [4.69, 9.17) is 17.6 Å². The summed E-state index contributed by atoms with van der Waals surface area (Å²) in [5, 5.41) is 7.53. The van der Waals surface area contributed by atoms with E-state index in [-0.39, 0.29) is 11.5 Å². The maximum atomic E-state index is 12.1. The van der Waals surface area contributed by atoms with Crippen molar-refractivity contribution in [2.24, 2.45) is 0 Å². The Morgan fingerprint density at radius 3 is 2.39 bits per heavy atom. The highest BCUT2D eigenvalue weighted by Crippen LogP contribution is 2.14. The van der Waals surface area contributed by atoms with Crippen LogP contribution in [-0.2, 0) is 0 Å². The molecule has 0 fully saturated rings. The molecule has 1 aromatic carbocycles. The van der Waals surface area contributed by atoms with E-state index in [1.165, 1.54) is 11.8 Å². The zero-order valence-corrected chi connectivity index (χ0v) is 14.6. The van der Waals surface area contributed by atoms with Crippen molar-refractivity contribution in [1.82, 2.24) is 0 Å². The molecule has 5 heteroatoms. The second-order valence-electron chi connectivity index (χ2n) is 5.14. The van der Waals surface area contributed by atoms with Gasteiger partial charge >= 0.3 is 0 Å². The topological polar surface area (TPSA) is 44.8 Å². The second-order valence-corrected chi connectivity index (χ2v) is 6.79. The van der Waals surface area contributed by atoms with Gasteiger partial charge in [0.25, 0.3) is 5.70 Å². The van der Waals surface area contributed by atoms with Crippen LogP contribution in [0.4, 0.5) is 0 Å². The molecule has 0 aliphatic rings. The summed E-state index contributed by atoms with van der Waals surface area (Å²) in [6.45, 7) is 3.97. The van der Waals surface area contributed by atoms with Crippen molar-refractivity contribution in [2.45, 2.75) is 13.8 Å². The number of hydrogen-bond donors (Lipinski definition) is 1. The monoisotopic (exact) mass is 341 g/mol. The van der Waals surface area contributed by atoms with Crippen molar-refractivity contribution in [3.8, 4) is 0 Å². The van der Waals surface area contributed by atoms with Gasteiger partial charge in [-0.05, 0) is 19.9 Å². The Bertz CT molecular complexity index is 774. The minimum absolute atomic E-state index is 0.0210. The third-order valence-electron chi connectivity index (χ3n) is 3.14. The van der Waals surface area contributed by atoms with Gasteiger partial charge in [-0.1, -0.05) is 54.3 Å². The summed E-state index contributed by atoms with van der Waals surface area (Å²) in [6.07, 6.45) is 3.80. The Balaban J connectivity index is 2.09. The minimum atomic E-state index is 0.0210. The van der Waals surface area contributed by atoms with Crippen LogP contribution in [0.3, 0.4) is 0 Å². The average molecular weight is 341 g/mol.